The molecule has 0 aromatic carbocycles. The monoisotopic (exact) mass is 486 g/mol. The van der Waals surface area contributed by atoms with Crippen LogP contribution >= 0.6 is 35.3 Å². The third-order valence-corrected chi connectivity index (χ3v) is 5.40. The molecule has 0 saturated carbocycles. The molecule has 3 heterocycles. The number of piperazine rings is 1. The topological polar surface area (TPSA) is 56.7 Å². The van der Waals surface area contributed by atoms with Crippen LogP contribution in [0.1, 0.15) is 24.6 Å². The van der Waals surface area contributed by atoms with E-state index in [1.807, 2.05) is 6.07 Å². The van der Waals surface area contributed by atoms with Gasteiger partial charge in [-0.25, -0.2) is 9.97 Å². The van der Waals surface area contributed by atoms with Crippen molar-refractivity contribution >= 4 is 47.2 Å². The van der Waals surface area contributed by atoms with E-state index in [1.54, 1.807) is 23.7 Å². The van der Waals surface area contributed by atoms with Crippen molar-refractivity contribution in [3.05, 3.63) is 40.8 Å². The van der Waals surface area contributed by atoms with E-state index in [1.165, 1.54) is 4.88 Å². The van der Waals surface area contributed by atoms with Crippen LogP contribution in [-0.2, 0) is 0 Å². The summed E-state index contributed by atoms with van der Waals surface area (Å²) in [6, 6.07) is 6.15. The molecule has 2 aromatic rings. The highest BCUT2D eigenvalue weighted by molar-refractivity contribution is 14.0. The fourth-order valence-electron chi connectivity index (χ4n) is 2.88. The Labute approximate surface area is 176 Å². The fourth-order valence-corrected chi connectivity index (χ4v) is 3.66. The molecule has 1 N–H and O–H groups in total. The van der Waals surface area contributed by atoms with Crippen LogP contribution in [0, 0.1) is 0 Å². The van der Waals surface area contributed by atoms with Gasteiger partial charge in [-0.1, -0.05) is 13.0 Å². The van der Waals surface area contributed by atoms with Crippen molar-refractivity contribution in [1.82, 2.24) is 20.2 Å². The van der Waals surface area contributed by atoms with Gasteiger partial charge in [-0.3, -0.25) is 4.99 Å². The van der Waals surface area contributed by atoms with Gasteiger partial charge < -0.3 is 15.1 Å². The van der Waals surface area contributed by atoms with Crippen molar-refractivity contribution in [2.75, 3.05) is 44.2 Å². The van der Waals surface area contributed by atoms with Gasteiger partial charge >= 0.3 is 0 Å². The summed E-state index contributed by atoms with van der Waals surface area (Å²) in [7, 11) is 0. The molecule has 1 aliphatic heterocycles. The van der Waals surface area contributed by atoms with E-state index >= 15 is 0 Å². The summed E-state index contributed by atoms with van der Waals surface area (Å²) in [5, 5.41) is 5.57. The first kappa shape index (κ1) is 20.9. The highest BCUT2D eigenvalue weighted by atomic mass is 127. The predicted octanol–water partition coefficient (Wildman–Crippen LogP) is 3.05. The zero-order valence-corrected chi connectivity index (χ0v) is 18.5. The molecule has 1 fully saturated rings. The van der Waals surface area contributed by atoms with Crippen LogP contribution < -0.4 is 10.2 Å². The van der Waals surface area contributed by atoms with Crippen molar-refractivity contribution in [2.45, 2.75) is 19.8 Å². The lowest BCUT2D eigenvalue weighted by atomic mass is 10.1. The molecule has 0 bridgehead atoms. The third kappa shape index (κ3) is 5.54. The van der Waals surface area contributed by atoms with Gasteiger partial charge in [0.25, 0.3) is 0 Å². The van der Waals surface area contributed by atoms with Crippen LogP contribution in [0.4, 0.5) is 5.95 Å². The molecular formula is C18H27IN6S. The van der Waals surface area contributed by atoms with Crippen molar-refractivity contribution in [1.29, 1.82) is 0 Å². The highest BCUT2D eigenvalue weighted by Gasteiger charge is 2.21. The van der Waals surface area contributed by atoms with Gasteiger partial charge in [0.1, 0.15) is 0 Å². The molecule has 0 amide bonds. The lowest BCUT2D eigenvalue weighted by Gasteiger charge is -2.36. The molecule has 1 saturated heterocycles. The predicted molar refractivity (Wildman–Crippen MR) is 120 cm³/mol. The van der Waals surface area contributed by atoms with E-state index < -0.39 is 0 Å². The van der Waals surface area contributed by atoms with E-state index in [9.17, 15) is 0 Å². The molecule has 1 atom stereocenters. The first-order valence-corrected chi connectivity index (χ1v) is 9.74. The summed E-state index contributed by atoms with van der Waals surface area (Å²) >= 11 is 1.81. The van der Waals surface area contributed by atoms with Gasteiger partial charge in [0.2, 0.25) is 5.95 Å². The Bertz CT molecular complexity index is 656. The minimum absolute atomic E-state index is 0. The summed E-state index contributed by atoms with van der Waals surface area (Å²) in [5.74, 6) is 2.28. The number of guanidine groups is 1. The lowest BCUT2D eigenvalue weighted by molar-refractivity contribution is 0.370. The Hall–Kier alpha value is -1.42. The van der Waals surface area contributed by atoms with E-state index in [0.29, 0.717) is 5.92 Å². The minimum atomic E-state index is 0. The molecule has 8 heteroatoms. The fraction of sp³-hybridized carbons (Fsp3) is 0.500. The maximum atomic E-state index is 4.88. The largest absolute Gasteiger partial charge is 0.357 e. The van der Waals surface area contributed by atoms with Crippen LogP contribution in [0.2, 0.25) is 0 Å². The van der Waals surface area contributed by atoms with Gasteiger partial charge in [-0.2, -0.15) is 0 Å². The Morgan fingerprint density at radius 1 is 1.23 bits per heavy atom. The van der Waals surface area contributed by atoms with Gasteiger partial charge in [0, 0.05) is 55.9 Å². The van der Waals surface area contributed by atoms with Crippen molar-refractivity contribution in [2.24, 2.45) is 4.99 Å². The van der Waals surface area contributed by atoms with E-state index in [-0.39, 0.29) is 24.0 Å². The third-order valence-electron chi connectivity index (χ3n) is 4.29. The molecule has 0 spiro atoms. The normalized spacial score (nSPS) is 16.2. The van der Waals surface area contributed by atoms with Gasteiger partial charge in [0.15, 0.2) is 5.96 Å². The molecule has 2 aromatic heterocycles. The molecule has 0 radical (unpaired) electrons. The second-order valence-corrected chi connectivity index (χ2v) is 7.11. The molecule has 1 aliphatic rings. The lowest BCUT2D eigenvalue weighted by Crippen LogP contribution is -2.53. The number of aromatic nitrogens is 2. The summed E-state index contributed by atoms with van der Waals surface area (Å²) in [6.07, 6.45) is 3.60. The number of hydrogen-bond donors (Lipinski definition) is 1. The average Bonchev–Trinajstić information content (AvgIpc) is 3.21. The van der Waals surface area contributed by atoms with E-state index in [0.717, 1.165) is 51.2 Å². The highest BCUT2D eigenvalue weighted by Crippen LogP contribution is 2.21. The standard InChI is InChI=1S/C18H26N6S.HI/c1-3-19-17(22-14-15(2)16-6-4-13-25-16)23-9-11-24(12-10-23)18-20-7-5-8-21-18;/h4-8,13,15H,3,9-12,14H2,1-2H3,(H,19,22);1H. The number of nitrogens with one attached hydrogen (secondary N) is 1. The van der Waals surface area contributed by atoms with Crippen LogP contribution in [0.3, 0.4) is 0 Å². The average molecular weight is 486 g/mol. The number of halogens is 1. The van der Waals surface area contributed by atoms with Gasteiger partial charge in [-0.05, 0) is 24.4 Å². The molecular weight excluding hydrogens is 459 g/mol. The maximum absolute atomic E-state index is 4.88. The number of rotatable bonds is 5. The van der Waals surface area contributed by atoms with E-state index in [4.69, 9.17) is 4.99 Å². The van der Waals surface area contributed by atoms with Gasteiger partial charge in [-0.15, -0.1) is 35.3 Å². The Morgan fingerprint density at radius 3 is 2.58 bits per heavy atom. The SMILES string of the molecule is CCNC(=NCC(C)c1cccs1)N1CCN(c2ncccn2)CC1.I. The molecule has 0 aliphatic carbocycles. The maximum Gasteiger partial charge on any atom is 0.225 e. The Morgan fingerprint density at radius 2 is 1.96 bits per heavy atom. The Kier molecular flexibility index (Phi) is 8.56. The smallest absolute Gasteiger partial charge is 0.225 e. The second-order valence-electron chi connectivity index (χ2n) is 6.13. The molecule has 1 unspecified atom stereocenters. The number of anilines is 1. The van der Waals surface area contributed by atoms with Crippen molar-refractivity contribution < 1.29 is 0 Å². The van der Waals surface area contributed by atoms with E-state index in [2.05, 4.69) is 56.4 Å². The number of hydrogen-bond acceptors (Lipinski definition) is 5. The zero-order chi connectivity index (χ0) is 17.5. The summed E-state index contributed by atoms with van der Waals surface area (Å²) in [6.45, 7) is 9.73. The molecule has 6 nitrogen and oxygen atoms in total. The van der Waals surface area contributed by atoms with Crippen LogP contribution in [0.25, 0.3) is 0 Å². The first-order valence-electron chi connectivity index (χ1n) is 8.86. The number of thiophene rings is 1. The molecule has 26 heavy (non-hydrogen) atoms. The van der Waals surface area contributed by atoms with Crippen LogP contribution in [0.15, 0.2) is 41.0 Å². The quantitative estimate of drug-likeness (QED) is 0.400. The molecule has 3 rings (SSSR count). The summed E-state index contributed by atoms with van der Waals surface area (Å²) < 4.78 is 0. The summed E-state index contributed by atoms with van der Waals surface area (Å²) in [4.78, 5) is 19.5. The summed E-state index contributed by atoms with van der Waals surface area (Å²) in [5.41, 5.74) is 0. The second kappa shape index (κ2) is 10.7. The Balaban J connectivity index is 0.00000243. The first-order chi connectivity index (χ1) is 12.3. The number of aliphatic imine (C=N–C) groups is 1. The van der Waals surface area contributed by atoms with Crippen molar-refractivity contribution in [3.8, 4) is 0 Å². The van der Waals surface area contributed by atoms with Gasteiger partial charge in [0.05, 0.1) is 6.54 Å². The van der Waals surface area contributed by atoms with Crippen LogP contribution in [0.5, 0.6) is 0 Å². The zero-order valence-electron chi connectivity index (χ0n) is 15.3. The minimum Gasteiger partial charge on any atom is -0.357 e. The van der Waals surface area contributed by atoms with Crippen molar-refractivity contribution in [3.63, 3.8) is 0 Å². The number of nitrogens with zero attached hydrogens (tertiary/aromatic N) is 5. The van der Waals surface area contributed by atoms with Crippen LogP contribution in [-0.4, -0.2) is 60.1 Å². The molecule has 142 valence electrons.